The van der Waals surface area contributed by atoms with Gasteiger partial charge in [0, 0.05) is 23.7 Å². The number of aromatic nitrogens is 3. The number of H-pyrrole nitrogens is 1. The fourth-order valence-corrected chi connectivity index (χ4v) is 1.67. The van der Waals surface area contributed by atoms with Gasteiger partial charge in [-0.3, -0.25) is 5.10 Å². The Labute approximate surface area is 113 Å². The average Bonchev–Trinajstić information content (AvgIpc) is 2.72. The molecule has 5 nitrogen and oxygen atoms in total. The Bertz CT molecular complexity index is 506. The first kappa shape index (κ1) is 14.9. The zero-order valence-electron chi connectivity index (χ0n) is 10.9. The second kappa shape index (κ2) is 5.69. The minimum atomic E-state index is -0.558. The molecule has 0 aliphatic rings. The second-order valence-electron chi connectivity index (χ2n) is 5.18. The highest BCUT2D eigenvalue weighted by Crippen LogP contribution is 2.21. The largest absolute Gasteiger partial charge is 0.387 e. The zero-order valence-corrected chi connectivity index (χ0v) is 11.9. The average molecular weight is 268 g/mol. The lowest BCUT2D eigenvalue weighted by Gasteiger charge is -2.23. The molecule has 0 amide bonds. The normalized spacial score (nSPS) is 13.3. The molecule has 2 rings (SSSR count). The van der Waals surface area contributed by atoms with Crippen LogP contribution in [0.25, 0.3) is 11.0 Å². The molecule has 100 valence electrons. The quantitative estimate of drug-likeness (QED) is 0.788. The molecule has 2 aromatic rings. The Morgan fingerprint density at radius 2 is 2.17 bits per heavy atom. The molecule has 0 aliphatic carbocycles. The van der Waals surface area contributed by atoms with E-state index in [9.17, 15) is 5.11 Å². The van der Waals surface area contributed by atoms with Crippen molar-refractivity contribution in [1.82, 2.24) is 20.5 Å². The van der Waals surface area contributed by atoms with Crippen molar-refractivity contribution in [2.75, 3.05) is 6.54 Å². The molecule has 0 spiro atoms. The fraction of sp³-hybridized carbons (Fsp3) is 0.500. The summed E-state index contributed by atoms with van der Waals surface area (Å²) < 4.78 is 0. The third-order valence-corrected chi connectivity index (χ3v) is 2.57. The van der Waals surface area contributed by atoms with Gasteiger partial charge in [0.2, 0.25) is 0 Å². The van der Waals surface area contributed by atoms with Crippen LogP contribution in [0.15, 0.2) is 18.5 Å². The number of nitrogens with zero attached hydrogens (tertiary/aromatic N) is 2. The first-order valence-corrected chi connectivity index (χ1v) is 5.68. The first-order chi connectivity index (χ1) is 7.97. The van der Waals surface area contributed by atoms with Crippen molar-refractivity contribution in [2.45, 2.75) is 32.4 Å². The van der Waals surface area contributed by atoms with E-state index in [4.69, 9.17) is 0 Å². The van der Waals surface area contributed by atoms with Crippen molar-refractivity contribution < 1.29 is 5.11 Å². The lowest BCUT2D eigenvalue weighted by molar-refractivity contribution is 0.164. The van der Waals surface area contributed by atoms with Crippen molar-refractivity contribution in [2.24, 2.45) is 0 Å². The van der Waals surface area contributed by atoms with Crippen molar-refractivity contribution in [3.8, 4) is 0 Å². The lowest BCUT2D eigenvalue weighted by atomic mass is 10.1. The van der Waals surface area contributed by atoms with E-state index in [0.717, 1.165) is 10.9 Å². The number of aliphatic hydroxyl groups excluding tert-OH is 1. The number of fused-ring (bicyclic) bond motifs is 1. The van der Waals surface area contributed by atoms with E-state index in [1.165, 1.54) is 0 Å². The standard InChI is InChI=1S/C12H18N4O.H2S/c1-12(2,3)14-7-10(17)8-4-5-13-11-9(8)6-15-16-11;/h4-6,10,14,17H,7H2,1-3H3,(H,13,15,16);1H2/t10-;/m1./s1. The minimum absolute atomic E-state index is 0. The maximum atomic E-state index is 10.2. The van der Waals surface area contributed by atoms with Gasteiger partial charge in [0.25, 0.3) is 0 Å². The van der Waals surface area contributed by atoms with Gasteiger partial charge in [-0.2, -0.15) is 18.6 Å². The molecule has 2 heterocycles. The fourth-order valence-electron chi connectivity index (χ4n) is 1.67. The molecule has 0 aliphatic heterocycles. The molecule has 6 heteroatoms. The van der Waals surface area contributed by atoms with Crippen LogP contribution >= 0.6 is 13.5 Å². The Kier molecular flexibility index (Phi) is 4.72. The van der Waals surface area contributed by atoms with Crippen molar-refractivity contribution in [1.29, 1.82) is 0 Å². The lowest BCUT2D eigenvalue weighted by Crippen LogP contribution is -2.38. The predicted molar refractivity (Wildman–Crippen MR) is 77.0 cm³/mol. The monoisotopic (exact) mass is 268 g/mol. The van der Waals surface area contributed by atoms with Gasteiger partial charge in [-0.15, -0.1) is 0 Å². The van der Waals surface area contributed by atoms with Gasteiger partial charge in [-0.05, 0) is 32.4 Å². The summed E-state index contributed by atoms with van der Waals surface area (Å²) in [7, 11) is 0. The second-order valence-corrected chi connectivity index (χ2v) is 5.18. The molecule has 3 N–H and O–H groups in total. The number of rotatable bonds is 3. The molecule has 18 heavy (non-hydrogen) atoms. The maximum absolute atomic E-state index is 10.2. The number of aliphatic hydroxyl groups is 1. The molecular weight excluding hydrogens is 248 g/mol. The topological polar surface area (TPSA) is 73.8 Å². The SMILES string of the molecule is CC(C)(C)NC[C@@H](O)c1ccnc2[nH]ncc12.S. The molecule has 0 unspecified atom stereocenters. The van der Waals surface area contributed by atoms with Crippen molar-refractivity contribution >= 4 is 24.5 Å². The van der Waals surface area contributed by atoms with Crippen LogP contribution in [0.3, 0.4) is 0 Å². The Morgan fingerprint density at radius 3 is 2.83 bits per heavy atom. The Balaban J connectivity index is 0.00000162. The van der Waals surface area contributed by atoms with Gasteiger partial charge in [0.05, 0.1) is 12.3 Å². The van der Waals surface area contributed by atoms with E-state index in [0.29, 0.717) is 12.2 Å². The van der Waals surface area contributed by atoms with Gasteiger partial charge < -0.3 is 10.4 Å². The van der Waals surface area contributed by atoms with Crippen LogP contribution in [0.4, 0.5) is 0 Å². The van der Waals surface area contributed by atoms with Crippen LogP contribution in [-0.2, 0) is 0 Å². The summed E-state index contributed by atoms with van der Waals surface area (Å²) in [6, 6.07) is 1.83. The van der Waals surface area contributed by atoms with Gasteiger partial charge in [-0.1, -0.05) is 0 Å². The summed E-state index contributed by atoms with van der Waals surface area (Å²) in [5.74, 6) is 0. The number of β-amino-alcohol motifs (C(OH)–C–C–N with tert-alkyl or cyclic N) is 1. The highest BCUT2D eigenvalue weighted by molar-refractivity contribution is 7.59. The smallest absolute Gasteiger partial charge is 0.155 e. The van der Waals surface area contributed by atoms with E-state index >= 15 is 0 Å². The van der Waals surface area contributed by atoms with Gasteiger partial charge in [0.1, 0.15) is 0 Å². The summed E-state index contributed by atoms with van der Waals surface area (Å²) in [6.45, 7) is 6.72. The van der Waals surface area contributed by atoms with Crippen LogP contribution in [0, 0.1) is 0 Å². The number of hydrogen-bond donors (Lipinski definition) is 3. The van der Waals surface area contributed by atoms with Crippen LogP contribution in [0.5, 0.6) is 0 Å². The molecule has 1 atom stereocenters. The summed E-state index contributed by atoms with van der Waals surface area (Å²) in [4.78, 5) is 4.14. The Morgan fingerprint density at radius 1 is 1.44 bits per heavy atom. The molecule has 0 radical (unpaired) electrons. The van der Waals surface area contributed by atoms with Crippen LogP contribution in [0.2, 0.25) is 0 Å². The van der Waals surface area contributed by atoms with E-state index in [2.05, 4.69) is 41.3 Å². The summed E-state index contributed by atoms with van der Waals surface area (Å²) in [5, 5.41) is 21.0. The third kappa shape index (κ3) is 3.44. The Hall–Kier alpha value is -1.11. The van der Waals surface area contributed by atoms with Crippen LogP contribution < -0.4 is 5.32 Å². The molecule has 0 saturated carbocycles. The molecule has 0 saturated heterocycles. The third-order valence-electron chi connectivity index (χ3n) is 2.57. The number of hydrogen-bond acceptors (Lipinski definition) is 4. The van der Waals surface area contributed by atoms with E-state index in [-0.39, 0.29) is 19.0 Å². The molecule has 2 aromatic heterocycles. The van der Waals surface area contributed by atoms with Gasteiger partial charge >= 0.3 is 0 Å². The predicted octanol–water partition coefficient (Wildman–Crippen LogP) is 1.49. The van der Waals surface area contributed by atoms with Crippen LogP contribution in [0.1, 0.15) is 32.4 Å². The highest BCUT2D eigenvalue weighted by atomic mass is 32.1. The minimum Gasteiger partial charge on any atom is -0.387 e. The van der Waals surface area contributed by atoms with Crippen molar-refractivity contribution in [3.05, 3.63) is 24.0 Å². The molecule has 0 aromatic carbocycles. The van der Waals surface area contributed by atoms with E-state index < -0.39 is 6.10 Å². The summed E-state index contributed by atoms with van der Waals surface area (Å²) in [5.41, 5.74) is 1.54. The molecule has 0 bridgehead atoms. The van der Waals surface area contributed by atoms with Gasteiger partial charge in [0.15, 0.2) is 5.65 Å². The van der Waals surface area contributed by atoms with E-state index in [1.54, 1.807) is 12.4 Å². The molecule has 0 fully saturated rings. The van der Waals surface area contributed by atoms with Gasteiger partial charge in [-0.25, -0.2) is 4.98 Å². The zero-order chi connectivity index (χ0) is 12.5. The first-order valence-electron chi connectivity index (χ1n) is 5.68. The number of nitrogens with one attached hydrogen (secondary N) is 2. The summed E-state index contributed by atoms with van der Waals surface area (Å²) >= 11 is 0. The number of aromatic amines is 1. The maximum Gasteiger partial charge on any atom is 0.155 e. The van der Waals surface area contributed by atoms with E-state index in [1.807, 2.05) is 6.07 Å². The van der Waals surface area contributed by atoms with Crippen LogP contribution in [-0.4, -0.2) is 32.4 Å². The van der Waals surface area contributed by atoms with Crippen molar-refractivity contribution in [3.63, 3.8) is 0 Å². The molecular formula is C12H20N4OS. The number of pyridine rings is 1. The summed E-state index contributed by atoms with van der Waals surface area (Å²) in [6.07, 6.45) is 2.81. The highest BCUT2D eigenvalue weighted by Gasteiger charge is 2.16.